The van der Waals surface area contributed by atoms with Crippen LogP contribution < -0.4 is 5.32 Å². The molecule has 1 aliphatic heterocycles. The van der Waals surface area contributed by atoms with E-state index in [1.165, 1.54) is 0 Å². The molecule has 25 heavy (non-hydrogen) atoms. The van der Waals surface area contributed by atoms with Crippen molar-refractivity contribution in [3.8, 4) is 0 Å². The van der Waals surface area contributed by atoms with Crippen LogP contribution in [-0.4, -0.2) is 29.2 Å². The van der Waals surface area contributed by atoms with Gasteiger partial charge < -0.3 is 5.32 Å². The van der Waals surface area contributed by atoms with Crippen molar-refractivity contribution in [1.82, 2.24) is 4.90 Å². The van der Waals surface area contributed by atoms with E-state index in [0.717, 1.165) is 26.2 Å². The molecule has 0 spiro atoms. The Hall–Kier alpha value is -2.47. The van der Waals surface area contributed by atoms with Gasteiger partial charge in [0.1, 0.15) is 0 Å². The van der Waals surface area contributed by atoms with Crippen LogP contribution in [0.3, 0.4) is 0 Å². The molecule has 0 unspecified atom stereocenters. The maximum absolute atomic E-state index is 12.4. The van der Waals surface area contributed by atoms with Crippen molar-refractivity contribution in [3.63, 3.8) is 0 Å². The normalized spacial score (nSPS) is 13.2. The number of nitrogens with one attached hydrogen (secondary N) is 1. The third kappa shape index (κ3) is 3.49. The Kier molecular flexibility index (Phi) is 4.72. The van der Waals surface area contributed by atoms with Crippen molar-refractivity contribution in [2.75, 3.05) is 11.9 Å². The highest BCUT2D eigenvalue weighted by atomic mass is 79.9. The number of aryl methyl sites for hydroxylation is 2. The van der Waals surface area contributed by atoms with Crippen molar-refractivity contribution in [3.05, 3.63) is 63.1 Å². The van der Waals surface area contributed by atoms with Gasteiger partial charge in [-0.1, -0.05) is 28.1 Å². The molecule has 0 fully saturated rings. The van der Waals surface area contributed by atoms with Crippen molar-refractivity contribution in [2.45, 2.75) is 20.3 Å². The molecule has 2 aromatic carbocycles. The van der Waals surface area contributed by atoms with Crippen molar-refractivity contribution < 1.29 is 14.4 Å². The summed E-state index contributed by atoms with van der Waals surface area (Å²) in [4.78, 5) is 38.1. The monoisotopic (exact) mass is 400 g/mol. The number of imide groups is 1. The smallest absolute Gasteiger partial charge is 0.261 e. The lowest BCUT2D eigenvalue weighted by Gasteiger charge is -2.14. The predicted molar refractivity (Wildman–Crippen MR) is 98.7 cm³/mol. The summed E-state index contributed by atoms with van der Waals surface area (Å²) in [5.74, 6) is -0.945. The first-order valence-electron chi connectivity index (χ1n) is 7.89. The first-order chi connectivity index (χ1) is 11.9. The van der Waals surface area contributed by atoms with E-state index < -0.39 is 0 Å². The van der Waals surface area contributed by atoms with E-state index in [0.29, 0.717) is 11.1 Å². The predicted octanol–water partition coefficient (Wildman–Crippen LogP) is 3.69. The molecule has 1 N–H and O–H groups in total. The molecule has 0 atom stereocenters. The number of amides is 3. The van der Waals surface area contributed by atoms with Crippen molar-refractivity contribution in [1.29, 1.82) is 0 Å². The first kappa shape index (κ1) is 17.4. The van der Waals surface area contributed by atoms with Crippen LogP contribution >= 0.6 is 15.9 Å². The molecular weight excluding hydrogens is 384 g/mol. The fourth-order valence-electron chi connectivity index (χ4n) is 2.76. The van der Waals surface area contributed by atoms with Crippen molar-refractivity contribution in [2.24, 2.45) is 0 Å². The van der Waals surface area contributed by atoms with E-state index >= 15 is 0 Å². The van der Waals surface area contributed by atoms with Crippen LogP contribution in [0.2, 0.25) is 0 Å². The molecule has 0 radical (unpaired) electrons. The highest BCUT2D eigenvalue weighted by Gasteiger charge is 2.35. The van der Waals surface area contributed by atoms with E-state index in [2.05, 4.69) is 21.2 Å². The van der Waals surface area contributed by atoms with Crippen LogP contribution in [0.15, 0.2) is 40.9 Å². The summed E-state index contributed by atoms with van der Waals surface area (Å²) < 4.78 is 0.738. The molecule has 1 aliphatic rings. The number of carbonyl (C=O) groups excluding carboxylic acids is 3. The average Bonchev–Trinajstić information content (AvgIpc) is 2.80. The maximum atomic E-state index is 12.4. The summed E-state index contributed by atoms with van der Waals surface area (Å²) >= 11 is 3.30. The van der Waals surface area contributed by atoms with Crippen LogP contribution in [0.5, 0.6) is 0 Å². The second kappa shape index (κ2) is 6.80. The number of hydrogen-bond donors (Lipinski definition) is 1. The van der Waals surface area contributed by atoms with Crippen LogP contribution in [0.4, 0.5) is 5.69 Å². The van der Waals surface area contributed by atoms with Gasteiger partial charge in [0.2, 0.25) is 5.91 Å². The van der Waals surface area contributed by atoms with Gasteiger partial charge in [0.25, 0.3) is 11.8 Å². The Morgan fingerprint density at radius 1 is 1.04 bits per heavy atom. The summed E-state index contributed by atoms with van der Waals surface area (Å²) in [6.07, 6.45) is 0.0556. The number of nitrogens with zero attached hydrogens (tertiary/aromatic N) is 1. The second-order valence-corrected chi connectivity index (χ2v) is 6.98. The summed E-state index contributed by atoms with van der Waals surface area (Å²) in [6.45, 7) is 3.92. The molecule has 1 heterocycles. The number of carbonyl (C=O) groups is 3. The first-order valence-corrected chi connectivity index (χ1v) is 8.69. The molecule has 2 aromatic rings. The van der Waals surface area contributed by atoms with Crippen LogP contribution in [-0.2, 0) is 4.79 Å². The Bertz CT molecular complexity index is 892. The van der Waals surface area contributed by atoms with Crippen LogP contribution in [0.25, 0.3) is 0 Å². The van der Waals surface area contributed by atoms with Gasteiger partial charge >= 0.3 is 0 Å². The highest BCUT2D eigenvalue weighted by Crippen LogP contribution is 2.26. The highest BCUT2D eigenvalue weighted by molar-refractivity contribution is 9.10. The Morgan fingerprint density at radius 3 is 2.52 bits per heavy atom. The van der Waals surface area contributed by atoms with Gasteiger partial charge in [0.05, 0.1) is 11.1 Å². The Balaban J connectivity index is 1.66. The summed E-state index contributed by atoms with van der Waals surface area (Å²) in [7, 11) is 0. The number of rotatable bonds is 4. The second-order valence-electron chi connectivity index (χ2n) is 6.07. The van der Waals surface area contributed by atoms with Crippen LogP contribution in [0.1, 0.15) is 38.3 Å². The minimum absolute atomic E-state index is 0.0556. The van der Waals surface area contributed by atoms with E-state index in [1.807, 2.05) is 32.0 Å². The average molecular weight is 401 g/mol. The van der Waals surface area contributed by atoms with Gasteiger partial charge in [-0.3, -0.25) is 19.3 Å². The standard InChI is InChI=1S/C19H17BrN2O3/c1-11-3-4-12(2)16(9-11)21-17(23)7-8-22-18(24)14-6-5-13(20)10-15(14)19(22)25/h3-6,9-10H,7-8H2,1-2H3,(H,21,23). The molecule has 5 nitrogen and oxygen atoms in total. The minimum Gasteiger partial charge on any atom is -0.326 e. The molecule has 3 rings (SSSR count). The molecule has 0 saturated carbocycles. The molecule has 6 heteroatoms. The summed E-state index contributed by atoms with van der Waals surface area (Å²) in [5, 5.41) is 2.84. The topological polar surface area (TPSA) is 66.5 Å². The molecular formula is C19H17BrN2O3. The zero-order valence-corrected chi connectivity index (χ0v) is 15.5. The molecule has 0 aromatic heterocycles. The van der Waals surface area contributed by atoms with E-state index in [-0.39, 0.29) is 30.7 Å². The van der Waals surface area contributed by atoms with E-state index in [4.69, 9.17) is 0 Å². The van der Waals surface area contributed by atoms with Crippen molar-refractivity contribution >= 4 is 39.3 Å². The minimum atomic E-state index is -0.360. The Labute approximate surface area is 154 Å². The number of benzene rings is 2. The lowest BCUT2D eigenvalue weighted by Crippen LogP contribution is -2.32. The summed E-state index contributed by atoms with van der Waals surface area (Å²) in [5.41, 5.74) is 3.50. The lowest BCUT2D eigenvalue weighted by atomic mass is 10.1. The molecule has 0 aliphatic carbocycles. The lowest BCUT2D eigenvalue weighted by molar-refractivity contribution is -0.116. The molecule has 0 saturated heterocycles. The van der Waals surface area contributed by atoms with E-state index in [9.17, 15) is 14.4 Å². The maximum Gasteiger partial charge on any atom is 0.261 e. The third-order valence-electron chi connectivity index (χ3n) is 4.16. The van der Waals surface area contributed by atoms with Crippen LogP contribution in [0, 0.1) is 13.8 Å². The van der Waals surface area contributed by atoms with Gasteiger partial charge in [-0.05, 0) is 49.2 Å². The van der Waals surface area contributed by atoms with Gasteiger partial charge in [-0.15, -0.1) is 0 Å². The Morgan fingerprint density at radius 2 is 1.76 bits per heavy atom. The third-order valence-corrected chi connectivity index (χ3v) is 4.66. The van der Waals surface area contributed by atoms with Gasteiger partial charge in [0, 0.05) is 23.1 Å². The zero-order chi connectivity index (χ0) is 18.1. The fourth-order valence-corrected chi connectivity index (χ4v) is 3.12. The summed E-state index contributed by atoms with van der Waals surface area (Å²) in [6, 6.07) is 10.8. The van der Waals surface area contributed by atoms with E-state index in [1.54, 1.807) is 18.2 Å². The van der Waals surface area contributed by atoms with Gasteiger partial charge in [0.15, 0.2) is 0 Å². The molecule has 0 bridgehead atoms. The molecule has 128 valence electrons. The zero-order valence-electron chi connectivity index (χ0n) is 13.9. The fraction of sp³-hybridized carbons (Fsp3) is 0.211. The van der Waals surface area contributed by atoms with Gasteiger partial charge in [-0.2, -0.15) is 0 Å². The quantitative estimate of drug-likeness (QED) is 0.795. The van der Waals surface area contributed by atoms with Gasteiger partial charge in [-0.25, -0.2) is 0 Å². The number of halogens is 1. The number of anilines is 1. The largest absolute Gasteiger partial charge is 0.326 e. The number of hydrogen-bond acceptors (Lipinski definition) is 3. The number of fused-ring (bicyclic) bond motifs is 1. The SMILES string of the molecule is Cc1ccc(C)c(NC(=O)CCN2C(=O)c3ccc(Br)cc3C2=O)c1. The molecule has 3 amide bonds.